The third kappa shape index (κ3) is 2.05. The largest absolute Gasteiger partial charge is 0.255 e. The summed E-state index contributed by atoms with van der Waals surface area (Å²) in [5, 5.41) is 2.69. The number of halogens is 1. The molecule has 2 heteroatoms. The van der Waals surface area contributed by atoms with Crippen LogP contribution in [0.2, 0.25) is 0 Å². The van der Waals surface area contributed by atoms with Crippen molar-refractivity contribution in [2.75, 3.05) is 5.88 Å². The molecule has 3 rings (SSSR count). The van der Waals surface area contributed by atoms with E-state index in [1.54, 1.807) is 0 Å². The number of nitrogens with zero attached hydrogens (tertiary/aromatic N) is 1. The number of rotatable bonds is 3. The fraction of sp³-hybridized carbons (Fsp3) is 0.357. The van der Waals surface area contributed by atoms with Gasteiger partial charge in [0.2, 0.25) is 0 Å². The van der Waals surface area contributed by atoms with Crippen LogP contribution in [-0.2, 0) is 0 Å². The lowest BCUT2D eigenvalue weighted by atomic mass is 9.91. The van der Waals surface area contributed by atoms with E-state index in [9.17, 15) is 0 Å². The smallest absolute Gasteiger partial charge is 0.0802 e. The highest BCUT2D eigenvalue weighted by Gasteiger charge is 2.19. The van der Waals surface area contributed by atoms with Crippen LogP contribution in [0.1, 0.15) is 26.2 Å². The van der Waals surface area contributed by atoms with E-state index in [1.165, 1.54) is 41.3 Å². The summed E-state index contributed by atoms with van der Waals surface area (Å²) in [6.07, 6.45) is 5.66. The summed E-state index contributed by atoms with van der Waals surface area (Å²) in [5.41, 5.74) is 2.55. The van der Waals surface area contributed by atoms with E-state index in [0.29, 0.717) is 0 Å². The standard InChI is InChI=1S/C9H5N.C5H11Cl/c1-2-4-7-6(3-1)8-5-10-9(7)8;1-2-3-4-5-6/h1-5H;2-5H2,1H3. The molecule has 2 aliphatic rings. The van der Waals surface area contributed by atoms with Gasteiger partial charge in [-0.25, -0.2) is 0 Å². The maximum absolute atomic E-state index is 5.38. The molecular weight excluding hydrogens is 218 g/mol. The zero-order valence-electron chi connectivity index (χ0n) is 9.54. The third-order valence-electron chi connectivity index (χ3n) is 2.79. The molecule has 0 N–H and O–H groups in total. The Morgan fingerprint density at radius 3 is 2.31 bits per heavy atom. The van der Waals surface area contributed by atoms with Crippen molar-refractivity contribution in [3.63, 3.8) is 0 Å². The molecule has 16 heavy (non-hydrogen) atoms. The Labute approximate surface area is 101 Å². The van der Waals surface area contributed by atoms with E-state index in [2.05, 4.69) is 36.2 Å². The molecule has 1 nitrogen and oxygen atoms in total. The van der Waals surface area contributed by atoms with Crippen molar-refractivity contribution >= 4 is 22.4 Å². The number of hydrogen-bond donors (Lipinski definition) is 0. The Balaban J connectivity index is 0.000000142. The van der Waals surface area contributed by atoms with Gasteiger partial charge < -0.3 is 0 Å². The van der Waals surface area contributed by atoms with Crippen LogP contribution in [0.3, 0.4) is 0 Å². The molecule has 0 atom stereocenters. The molecule has 1 aromatic carbocycles. The number of benzene rings is 1. The van der Waals surface area contributed by atoms with Crippen LogP contribution in [0.4, 0.5) is 0 Å². The van der Waals surface area contributed by atoms with Gasteiger partial charge in [0.15, 0.2) is 0 Å². The van der Waals surface area contributed by atoms with Crippen LogP contribution in [-0.4, -0.2) is 10.9 Å². The molecule has 0 unspecified atom stereocenters. The zero-order valence-corrected chi connectivity index (χ0v) is 10.3. The Kier molecular flexibility index (Phi) is 3.79. The van der Waals surface area contributed by atoms with Gasteiger partial charge in [-0.1, -0.05) is 44.0 Å². The summed E-state index contributed by atoms with van der Waals surface area (Å²) in [6.45, 7) is 2.17. The van der Waals surface area contributed by atoms with Gasteiger partial charge in [-0.15, -0.1) is 11.6 Å². The van der Waals surface area contributed by atoms with Crippen LogP contribution in [0.15, 0.2) is 30.5 Å². The number of aromatic nitrogens is 1. The lowest BCUT2D eigenvalue weighted by Crippen LogP contribution is -1.98. The monoisotopic (exact) mass is 233 g/mol. The number of unbranched alkanes of at least 4 members (excludes halogenated alkanes) is 2. The second-order valence-electron chi connectivity index (χ2n) is 3.96. The van der Waals surface area contributed by atoms with Crippen LogP contribution in [0, 0.1) is 0 Å². The minimum absolute atomic E-state index is 0.827. The topological polar surface area (TPSA) is 12.9 Å². The second kappa shape index (κ2) is 5.31. The summed E-state index contributed by atoms with van der Waals surface area (Å²) in [7, 11) is 0. The Bertz CT molecular complexity index is 434. The van der Waals surface area contributed by atoms with Crippen molar-refractivity contribution in [1.82, 2.24) is 4.98 Å². The first kappa shape index (κ1) is 11.4. The highest BCUT2D eigenvalue weighted by atomic mass is 35.5. The number of pyridine rings is 1. The van der Waals surface area contributed by atoms with E-state index in [-0.39, 0.29) is 0 Å². The molecule has 0 radical (unpaired) electrons. The highest BCUT2D eigenvalue weighted by Crippen LogP contribution is 2.41. The summed E-state index contributed by atoms with van der Waals surface area (Å²) < 4.78 is 0. The Morgan fingerprint density at radius 1 is 1.12 bits per heavy atom. The van der Waals surface area contributed by atoms with Crippen LogP contribution in [0.5, 0.6) is 0 Å². The summed E-state index contributed by atoms with van der Waals surface area (Å²) in [4.78, 5) is 4.13. The summed E-state index contributed by atoms with van der Waals surface area (Å²) in [5.74, 6) is 0.827. The Morgan fingerprint density at radius 2 is 1.88 bits per heavy atom. The third-order valence-corrected chi connectivity index (χ3v) is 3.05. The summed E-state index contributed by atoms with van der Waals surface area (Å²) >= 11 is 5.38. The fourth-order valence-corrected chi connectivity index (χ4v) is 2.00. The average Bonchev–Trinajstić information content (AvgIpc) is 2.28. The van der Waals surface area contributed by atoms with Gasteiger partial charge in [0.25, 0.3) is 0 Å². The minimum Gasteiger partial charge on any atom is -0.255 e. The van der Waals surface area contributed by atoms with Gasteiger partial charge in [-0.2, -0.15) is 0 Å². The van der Waals surface area contributed by atoms with Gasteiger partial charge in [0, 0.05) is 23.0 Å². The second-order valence-corrected chi connectivity index (χ2v) is 4.34. The molecule has 0 spiro atoms. The van der Waals surface area contributed by atoms with Crippen LogP contribution >= 0.6 is 11.6 Å². The summed E-state index contributed by atoms with van der Waals surface area (Å²) in [6, 6.07) is 8.37. The normalized spacial score (nSPS) is 10.9. The fourth-order valence-electron chi connectivity index (χ4n) is 1.81. The molecule has 1 aliphatic carbocycles. The van der Waals surface area contributed by atoms with Crippen molar-refractivity contribution in [3.8, 4) is 11.3 Å². The Hall–Kier alpha value is -1.08. The average molecular weight is 234 g/mol. The molecule has 1 aromatic rings. The van der Waals surface area contributed by atoms with Crippen molar-refractivity contribution in [1.29, 1.82) is 0 Å². The number of fused-ring (bicyclic) bond motifs is 4. The van der Waals surface area contributed by atoms with Crippen molar-refractivity contribution in [3.05, 3.63) is 30.5 Å². The quantitative estimate of drug-likeness (QED) is 0.475. The van der Waals surface area contributed by atoms with Crippen molar-refractivity contribution in [2.24, 2.45) is 0 Å². The molecule has 0 amide bonds. The van der Waals surface area contributed by atoms with E-state index in [1.807, 2.05) is 6.20 Å². The molecule has 1 aliphatic heterocycles. The van der Waals surface area contributed by atoms with Crippen LogP contribution < -0.4 is 0 Å². The molecule has 0 aromatic heterocycles. The molecule has 0 fully saturated rings. The van der Waals surface area contributed by atoms with Gasteiger partial charge in [-0.05, 0) is 11.8 Å². The first-order chi connectivity index (χ1) is 7.88. The van der Waals surface area contributed by atoms with E-state index in [0.717, 1.165) is 5.88 Å². The van der Waals surface area contributed by atoms with E-state index < -0.39 is 0 Å². The van der Waals surface area contributed by atoms with Gasteiger partial charge in [-0.3, -0.25) is 4.98 Å². The SMILES string of the molecule is CCCCCCl.c1ccc2c3ncc-3c2c1. The lowest BCUT2D eigenvalue weighted by molar-refractivity contribution is 0.776. The predicted molar refractivity (Wildman–Crippen MR) is 71.0 cm³/mol. The molecule has 1 heterocycles. The number of alkyl halides is 1. The van der Waals surface area contributed by atoms with Crippen molar-refractivity contribution in [2.45, 2.75) is 26.2 Å². The van der Waals surface area contributed by atoms with E-state index >= 15 is 0 Å². The molecule has 84 valence electrons. The maximum Gasteiger partial charge on any atom is 0.0802 e. The molecule has 0 bridgehead atoms. The van der Waals surface area contributed by atoms with Crippen LogP contribution in [0.25, 0.3) is 22.0 Å². The van der Waals surface area contributed by atoms with Crippen molar-refractivity contribution < 1.29 is 0 Å². The van der Waals surface area contributed by atoms with Gasteiger partial charge in [0.05, 0.1) is 5.69 Å². The van der Waals surface area contributed by atoms with Gasteiger partial charge in [0.1, 0.15) is 0 Å². The molecule has 0 saturated heterocycles. The highest BCUT2D eigenvalue weighted by molar-refractivity contribution is 6.17. The minimum atomic E-state index is 0.827. The molecule has 0 saturated carbocycles. The number of hydrogen-bond acceptors (Lipinski definition) is 1. The van der Waals surface area contributed by atoms with E-state index in [4.69, 9.17) is 11.6 Å². The zero-order chi connectivity index (χ0) is 11.4. The first-order valence-corrected chi connectivity index (χ1v) is 6.36. The predicted octanol–water partition coefficient (Wildman–Crippen LogP) is 4.63. The van der Waals surface area contributed by atoms with Gasteiger partial charge >= 0.3 is 0 Å². The first-order valence-electron chi connectivity index (χ1n) is 5.82. The maximum atomic E-state index is 5.38. The molecular formula is C14H16ClN. The lowest BCUT2D eigenvalue weighted by Gasteiger charge is -2.18.